The number of aromatic nitrogens is 1. The number of pyridine rings is 1. The Balaban J connectivity index is 0.00000245. The molecule has 2 aliphatic heterocycles. The fraction of sp³-hybridized carbons (Fsp3) is 0.385. The van der Waals surface area contributed by atoms with Crippen molar-refractivity contribution in [2.75, 3.05) is 19.7 Å². The van der Waals surface area contributed by atoms with Gasteiger partial charge in [-0.3, -0.25) is 9.78 Å². The van der Waals surface area contributed by atoms with E-state index in [0.717, 1.165) is 49.9 Å². The highest BCUT2D eigenvalue weighted by atomic mass is 35.5. The number of rotatable bonds is 4. The molecule has 0 spiro atoms. The molecule has 5 nitrogen and oxygen atoms in total. The van der Waals surface area contributed by atoms with Crippen molar-refractivity contribution in [3.8, 4) is 16.9 Å². The number of carbonyl (C=O) groups is 1. The summed E-state index contributed by atoms with van der Waals surface area (Å²) in [6.45, 7) is 4.29. The maximum Gasteiger partial charge on any atom is 0.251 e. The Hall–Kier alpha value is -2.63. The molecular formula is C26H29ClN2O3. The van der Waals surface area contributed by atoms with E-state index in [0.29, 0.717) is 6.61 Å². The third-order valence-corrected chi connectivity index (χ3v) is 6.41. The zero-order valence-electron chi connectivity index (χ0n) is 18.3. The van der Waals surface area contributed by atoms with Crippen molar-refractivity contribution in [1.29, 1.82) is 0 Å². The Morgan fingerprint density at radius 2 is 1.78 bits per heavy atom. The molecule has 2 aromatic carbocycles. The van der Waals surface area contributed by atoms with Gasteiger partial charge in [-0.1, -0.05) is 24.3 Å². The predicted octanol–water partition coefficient (Wildman–Crippen LogP) is 5.18. The first-order valence-electron chi connectivity index (χ1n) is 11.2. The fourth-order valence-electron chi connectivity index (χ4n) is 4.58. The topological polar surface area (TPSA) is 51.7 Å². The van der Waals surface area contributed by atoms with Crippen molar-refractivity contribution < 1.29 is 14.3 Å². The average Bonchev–Trinajstić information content (AvgIpc) is 3.35. The molecule has 1 atom stereocenters. The van der Waals surface area contributed by atoms with Crippen LogP contribution in [0.4, 0.5) is 0 Å². The minimum absolute atomic E-state index is 0. The van der Waals surface area contributed by atoms with Gasteiger partial charge in [-0.25, -0.2) is 0 Å². The van der Waals surface area contributed by atoms with Crippen LogP contribution in [0.1, 0.15) is 31.2 Å². The quantitative estimate of drug-likeness (QED) is 0.547. The van der Waals surface area contributed by atoms with Gasteiger partial charge >= 0.3 is 0 Å². The van der Waals surface area contributed by atoms with Crippen LogP contribution in [0, 0.1) is 6.92 Å². The molecule has 32 heavy (non-hydrogen) atoms. The van der Waals surface area contributed by atoms with E-state index in [1.54, 1.807) is 0 Å². The largest absolute Gasteiger partial charge is 0.490 e. The lowest BCUT2D eigenvalue weighted by Gasteiger charge is -2.33. The second-order valence-corrected chi connectivity index (χ2v) is 8.56. The Kier molecular flexibility index (Phi) is 6.97. The molecule has 0 radical (unpaired) electrons. The third-order valence-electron chi connectivity index (χ3n) is 6.41. The van der Waals surface area contributed by atoms with Crippen molar-refractivity contribution in [1.82, 2.24) is 9.88 Å². The predicted molar refractivity (Wildman–Crippen MR) is 128 cm³/mol. The summed E-state index contributed by atoms with van der Waals surface area (Å²) in [6.07, 6.45) is 7.30. The van der Waals surface area contributed by atoms with Crippen LogP contribution >= 0.6 is 12.4 Å². The van der Waals surface area contributed by atoms with Gasteiger partial charge in [0, 0.05) is 50.3 Å². The van der Waals surface area contributed by atoms with E-state index in [9.17, 15) is 4.79 Å². The molecule has 1 aromatic heterocycles. The van der Waals surface area contributed by atoms with Gasteiger partial charge in [0.05, 0.1) is 0 Å². The van der Waals surface area contributed by atoms with Crippen LogP contribution in [0.25, 0.3) is 21.9 Å². The van der Waals surface area contributed by atoms with Gasteiger partial charge < -0.3 is 14.4 Å². The molecule has 2 fully saturated rings. The summed E-state index contributed by atoms with van der Waals surface area (Å²) in [5.41, 5.74) is 3.54. The summed E-state index contributed by atoms with van der Waals surface area (Å²) in [5, 5.41) is 2.39. The number of piperidine rings is 1. The van der Waals surface area contributed by atoms with Crippen LogP contribution in [0.2, 0.25) is 0 Å². The number of hydrogen-bond donors (Lipinski definition) is 0. The van der Waals surface area contributed by atoms with Gasteiger partial charge in [0.15, 0.2) is 0 Å². The number of nitrogens with zero attached hydrogens (tertiary/aromatic N) is 2. The molecule has 6 heteroatoms. The van der Waals surface area contributed by atoms with Crippen molar-refractivity contribution in [2.45, 2.75) is 44.8 Å². The molecule has 168 valence electrons. The number of fused-ring (bicyclic) bond motifs is 1. The molecule has 1 amide bonds. The number of benzene rings is 2. The monoisotopic (exact) mass is 452 g/mol. The average molecular weight is 453 g/mol. The fourth-order valence-corrected chi connectivity index (χ4v) is 4.58. The lowest BCUT2D eigenvalue weighted by molar-refractivity contribution is -0.142. The number of carbonyl (C=O) groups excluding carboxylic acids is 1. The summed E-state index contributed by atoms with van der Waals surface area (Å²) in [4.78, 5) is 18.7. The van der Waals surface area contributed by atoms with Crippen LogP contribution in [-0.4, -0.2) is 47.7 Å². The van der Waals surface area contributed by atoms with Gasteiger partial charge in [-0.05, 0) is 60.0 Å². The highest BCUT2D eigenvalue weighted by Crippen LogP contribution is 2.28. The first kappa shape index (κ1) is 22.6. The van der Waals surface area contributed by atoms with Crippen LogP contribution < -0.4 is 4.74 Å². The molecule has 2 aliphatic rings. The van der Waals surface area contributed by atoms with Gasteiger partial charge in [-0.2, -0.15) is 0 Å². The van der Waals surface area contributed by atoms with Crippen LogP contribution in [0.3, 0.4) is 0 Å². The molecule has 3 aromatic rings. The lowest BCUT2D eigenvalue weighted by Crippen LogP contribution is -2.45. The van der Waals surface area contributed by atoms with Crippen molar-refractivity contribution in [3.63, 3.8) is 0 Å². The minimum atomic E-state index is -0.222. The SMILES string of the molecule is Cc1cncc2ccc(-c3ccc(OC4CCN(C(=O)[C@H]5CCCO5)CC4)cc3)cc12.Cl. The van der Waals surface area contributed by atoms with Crippen molar-refractivity contribution >= 4 is 29.1 Å². The van der Waals surface area contributed by atoms with Crippen molar-refractivity contribution in [2.24, 2.45) is 0 Å². The van der Waals surface area contributed by atoms with E-state index in [4.69, 9.17) is 9.47 Å². The van der Waals surface area contributed by atoms with E-state index in [1.807, 2.05) is 29.4 Å². The number of ether oxygens (including phenoxy) is 2. The standard InChI is InChI=1S/C26H28N2O3.ClH/c1-18-16-27-17-21-5-4-20(15-24(18)21)19-6-8-22(9-7-19)31-23-10-12-28(13-11-23)26(29)25-3-2-14-30-25;/h4-9,15-17,23,25H,2-3,10-14H2,1H3;1H/t25-;/m1./s1. The smallest absolute Gasteiger partial charge is 0.251 e. The van der Waals surface area contributed by atoms with E-state index in [1.165, 1.54) is 22.1 Å². The molecular weight excluding hydrogens is 424 g/mol. The molecule has 0 saturated carbocycles. The second kappa shape index (κ2) is 9.88. The zero-order valence-corrected chi connectivity index (χ0v) is 19.1. The molecule has 0 N–H and O–H groups in total. The number of amides is 1. The summed E-state index contributed by atoms with van der Waals surface area (Å²) < 4.78 is 11.8. The lowest BCUT2D eigenvalue weighted by atomic mass is 10.0. The number of likely N-dealkylation sites (tertiary alicyclic amines) is 1. The second-order valence-electron chi connectivity index (χ2n) is 8.56. The Bertz CT molecular complexity index is 1070. The molecule has 0 unspecified atom stereocenters. The maximum absolute atomic E-state index is 12.5. The van der Waals surface area contributed by atoms with Crippen LogP contribution in [0.5, 0.6) is 5.75 Å². The van der Waals surface area contributed by atoms with Gasteiger partial charge in [0.25, 0.3) is 5.91 Å². The van der Waals surface area contributed by atoms with Crippen molar-refractivity contribution in [3.05, 3.63) is 60.4 Å². The molecule has 2 saturated heterocycles. The summed E-state index contributed by atoms with van der Waals surface area (Å²) in [7, 11) is 0. The van der Waals surface area contributed by atoms with E-state index in [2.05, 4.69) is 42.2 Å². The van der Waals surface area contributed by atoms with Crippen LogP contribution in [-0.2, 0) is 9.53 Å². The van der Waals surface area contributed by atoms with Gasteiger partial charge in [0.2, 0.25) is 0 Å². The maximum atomic E-state index is 12.5. The van der Waals surface area contributed by atoms with Crippen LogP contribution in [0.15, 0.2) is 54.9 Å². The molecule has 0 aliphatic carbocycles. The van der Waals surface area contributed by atoms with E-state index >= 15 is 0 Å². The number of hydrogen-bond acceptors (Lipinski definition) is 4. The Morgan fingerprint density at radius 1 is 1.03 bits per heavy atom. The zero-order chi connectivity index (χ0) is 21.2. The molecule has 0 bridgehead atoms. The summed E-state index contributed by atoms with van der Waals surface area (Å²) in [6, 6.07) is 14.8. The number of aryl methyl sites for hydroxylation is 1. The molecule has 3 heterocycles. The highest BCUT2D eigenvalue weighted by molar-refractivity contribution is 5.89. The number of halogens is 1. The molecule has 5 rings (SSSR count). The minimum Gasteiger partial charge on any atom is -0.490 e. The Labute approximate surface area is 195 Å². The first-order valence-corrected chi connectivity index (χ1v) is 11.2. The van der Waals surface area contributed by atoms with Gasteiger partial charge in [0.1, 0.15) is 18.0 Å². The summed E-state index contributed by atoms with van der Waals surface area (Å²) in [5.74, 6) is 1.04. The van der Waals surface area contributed by atoms with E-state index in [-0.39, 0.29) is 30.5 Å². The first-order chi connectivity index (χ1) is 15.2. The third kappa shape index (κ3) is 4.74. The summed E-state index contributed by atoms with van der Waals surface area (Å²) >= 11 is 0. The highest BCUT2D eigenvalue weighted by Gasteiger charge is 2.31. The normalized spacial score (nSPS) is 19.0. The van der Waals surface area contributed by atoms with Gasteiger partial charge in [-0.15, -0.1) is 12.4 Å². The van der Waals surface area contributed by atoms with E-state index < -0.39 is 0 Å². The Morgan fingerprint density at radius 3 is 2.50 bits per heavy atom.